The molecule has 3 aliphatic carbocycles. The number of ether oxygens (including phenoxy) is 1. The van der Waals surface area contributed by atoms with Crippen LogP contribution in [0.5, 0.6) is 0 Å². The second kappa shape index (κ2) is 9.07. The van der Waals surface area contributed by atoms with Crippen molar-refractivity contribution in [2.45, 2.75) is 122 Å². The maximum atomic E-state index is 13.8. The van der Waals surface area contributed by atoms with E-state index >= 15 is 0 Å². The number of hydrogen-bond acceptors (Lipinski definition) is 3. The lowest BCUT2D eigenvalue weighted by molar-refractivity contribution is -0.190. The number of carbonyl (C=O) groups is 1. The highest BCUT2D eigenvalue weighted by atomic mass is 28.4. The van der Waals surface area contributed by atoms with Crippen LogP contribution in [-0.4, -0.2) is 26.0 Å². The van der Waals surface area contributed by atoms with Crippen molar-refractivity contribution in [3.63, 3.8) is 0 Å². The average molecular weight is 485 g/mol. The molecule has 4 heteroatoms. The monoisotopic (exact) mass is 484 g/mol. The van der Waals surface area contributed by atoms with Crippen molar-refractivity contribution in [2.24, 2.45) is 23.7 Å². The molecule has 0 unspecified atom stereocenters. The minimum absolute atomic E-state index is 0.0168. The number of hydrogen-bond donors (Lipinski definition) is 0. The second-order valence-corrected chi connectivity index (χ2v) is 18.5. The molecule has 0 heterocycles. The predicted octanol–water partition coefficient (Wildman–Crippen LogP) is 7.89. The van der Waals surface area contributed by atoms with E-state index in [0.717, 1.165) is 25.7 Å². The molecule has 3 nitrogen and oxygen atoms in total. The number of fused-ring (bicyclic) bond motifs is 1. The maximum absolute atomic E-state index is 13.8. The van der Waals surface area contributed by atoms with Crippen LogP contribution in [0, 0.1) is 23.7 Å². The van der Waals surface area contributed by atoms with E-state index in [1.54, 1.807) is 0 Å². The van der Waals surface area contributed by atoms with Gasteiger partial charge in [0.15, 0.2) is 8.32 Å². The highest BCUT2D eigenvalue weighted by Crippen LogP contribution is 2.60. The van der Waals surface area contributed by atoms with Gasteiger partial charge in [-0.2, -0.15) is 0 Å². The van der Waals surface area contributed by atoms with Gasteiger partial charge in [-0.05, 0) is 73.1 Å². The highest BCUT2D eigenvalue weighted by molar-refractivity contribution is 6.74. The zero-order valence-electron chi connectivity index (χ0n) is 22.9. The molecule has 0 radical (unpaired) electrons. The van der Waals surface area contributed by atoms with Crippen molar-refractivity contribution in [1.29, 1.82) is 0 Å². The Bertz CT molecular complexity index is 871. The van der Waals surface area contributed by atoms with Crippen LogP contribution in [0.3, 0.4) is 0 Å². The van der Waals surface area contributed by atoms with Crippen molar-refractivity contribution < 1.29 is 14.0 Å². The van der Waals surface area contributed by atoms with Gasteiger partial charge in [-0.15, -0.1) is 0 Å². The lowest BCUT2D eigenvalue weighted by atomic mass is 9.62. The number of benzene rings is 1. The van der Waals surface area contributed by atoms with Crippen molar-refractivity contribution in [1.82, 2.24) is 0 Å². The Morgan fingerprint density at radius 3 is 2.29 bits per heavy atom. The van der Waals surface area contributed by atoms with E-state index in [-0.39, 0.29) is 34.0 Å². The summed E-state index contributed by atoms with van der Waals surface area (Å²) in [7, 11) is -1.98. The van der Waals surface area contributed by atoms with E-state index in [0.29, 0.717) is 17.8 Å². The van der Waals surface area contributed by atoms with E-state index in [2.05, 4.69) is 85.0 Å². The summed E-state index contributed by atoms with van der Waals surface area (Å²) < 4.78 is 13.6. The Labute approximate surface area is 209 Å². The average Bonchev–Trinajstić information content (AvgIpc) is 3.03. The van der Waals surface area contributed by atoms with Crippen LogP contribution in [0.2, 0.25) is 18.1 Å². The molecule has 3 saturated carbocycles. The van der Waals surface area contributed by atoms with Gasteiger partial charge >= 0.3 is 5.97 Å². The van der Waals surface area contributed by atoms with Crippen molar-refractivity contribution in [3.05, 3.63) is 35.9 Å². The summed E-state index contributed by atoms with van der Waals surface area (Å²) in [6, 6.07) is 10.8. The molecule has 190 valence electrons. The Hall–Kier alpha value is -1.13. The molecule has 34 heavy (non-hydrogen) atoms. The standard InChI is InChI=1S/C30H48O3Si/c1-21-16-17-24(29(5,6)22-13-10-9-11-14-22)26(19-21)32-27(31)25-20-23-15-12-18-30(23,25)33-34(7,8)28(2,3)4/h9-11,13-14,21,23-26H,12,15-20H2,1-8H3/t21-,23+,24-,25+,26-,30-/m1/s1. The van der Waals surface area contributed by atoms with Gasteiger partial charge in [0.05, 0.1) is 11.5 Å². The molecule has 3 aliphatic rings. The first kappa shape index (κ1) is 25.9. The molecule has 0 spiro atoms. The third-order valence-electron chi connectivity index (χ3n) is 10.2. The summed E-state index contributed by atoms with van der Waals surface area (Å²) >= 11 is 0. The summed E-state index contributed by atoms with van der Waals surface area (Å²) in [5, 5.41) is 0.141. The smallest absolute Gasteiger partial charge is 0.312 e. The van der Waals surface area contributed by atoms with Gasteiger partial charge in [-0.3, -0.25) is 4.79 Å². The predicted molar refractivity (Wildman–Crippen MR) is 142 cm³/mol. The highest BCUT2D eigenvalue weighted by Gasteiger charge is 2.64. The van der Waals surface area contributed by atoms with E-state index in [4.69, 9.17) is 9.16 Å². The molecule has 1 aromatic rings. The Morgan fingerprint density at radius 1 is 1.00 bits per heavy atom. The molecule has 4 rings (SSSR count). The van der Waals surface area contributed by atoms with Crippen LogP contribution in [-0.2, 0) is 19.4 Å². The number of esters is 1. The Kier molecular flexibility index (Phi) is 6.92. The van der Waals surface area contributed by atoms with E-state index in [9.17, 15) is 4.79 Å². The molecule has 0 saturated heterocycles. The van der Waals surface area contributed by atoms with Crippen LogP contribution in [0.4, 0.5) is 0 Å². The minimum atomic E-state index is -1.98. The van der Waals surface area contributed by atoms with Crippen molar-refractivity contribution >= 4 is 14.3 Å². The minimum Gasteiger partial charge on any atom is -0.462 e. The molecule has 1 aromatic carbocycles. The summed E-state index contributed by atoms with van der Waals surface area (Å²) in [5.74, 6) is 1.39. The fourth-order valence-corrected chi connectivity index (χ4v) is 8.57. The van der Waals surface area contributed by atoms with Gasteiger partial charge in [-0.1, -0.05) is 84.7 Å². The van der Waals surface area contributed by atoms with Crippen molar-refractivity contribution in [2.75, 3.05) is 0 Å². The summed E-state index contributed by atoms with van der Waals surface area (Å²) in [5.41, 5.74) is 1.04. The van der Waals surface area contributed by atoms with Gasteiger partial charge in [0, 0.05) is 5.92 Å². The van der Waals surface area contributed by atoms with Crippen LogP contribution >= 0.6 is 0 Å². The SMILES string of the molecule is C[C@@H]1CC[C@@H](C(C)(C)c2ccccc2)[C@H](OC(=O)[C@@H]2C[C@@H]3CCC[C@@]32O[Si](C)(C)C(C)(C)C)C1. The first-order valence-electron chi connectivity index (χ1n) is 13.7. The molecule has 0 amide bonds. The Balaban J connectivity index is 1.54. The van der Waals surface area contributed by atoms with Gasteiger partial charge in [0.1, 0.15) is 6.10 Å². The largest absolute Gasteiger partial charge is 0.462 e. The third-order valence-corrected chi connectivity index (χ3v) is 14.7. The van der Waals surface area contributed by atoms with Gasteiger partial charge in [0.25, 0.3) is 0 Å². The molecule has 0 bridgehead atoms. The Morgan fingerprint density at radius 2 is 1.68 bits per heavy atom. The zero-order valence-corrected chi connectivity index (χ0v) is 23.9. The second-order valence-electron chi connectivity index (χ2n) is 13.8. The topological polar surface area (TPSA) is 35.5 Å². The fourth-order valence-electron chi connectivity index (χ4n) is 6.90. The zero-order chi connectivity index (χ0) is 24.9. The van der Waals surface area contributed by atoms with E-state index < -0.39 is 8.32 Å². The van der Waals surface area contributed by atoms with E-state index in [1.807, 2.05) is 0 Å². The lowest BCUT2D eigenvalue weighted by Gasteiger charge is -2.56. The molecular weight excluding hydrogens is 436 g/mol. The van der Waals surface area contributed by atoms with Crippen LogP contribution < -0.4 is 0 Å². The molecule has 6 atom stereocenters. The maximum Gasteiger partial charge on any atom is 0.312 e. The number of rotatable bonds is 6. The molecular formula is C30H48O3Si. The molecule has 0 aliphatic heterocycles. The van der Waals surface area contributed by atoms with Crippen molar-refractivity contribution in [3.8, 4) is 0 Å². The van der Waals surface area contributed by atoms with Crippen LogP contribution in [0.25, 0.3) is 0 Å². The molecule has 0 N–H and O–H groups in total. The normalized spacial score (nSPS) is 34.3. The summed E-state index contributed by atoms with van der Waals surface area (Å²) in [6.45, 7) is 18.5. The molecule has 0 aromatic heterocycles. The first-order chi connectivity index (χ1) is 15.8. The third kappa shape index (κ3) is 4.54. The number of carbonyl (C=O) groups excluding carboxylic acids is 1. The summed E-state index contributed by atoms with van der Waals surface area (Å²) in [6.07, 6.45) is 7.61. The van der Waals surface area contributed by atoms with Gasteiger partial charge < -0.3 is 9.16 Å². The van der Waals surface area contributed by atoms with Crippen LogP contribution in [0.15, 0.2) is 30.3 Å². The fraction of sp³-hybridized carbons (Fsp3) is 0.767. The van der Waals surface area contributed by atoms with E-state index in [1.165, 1.54) is 24.8 Å². The lowest BCUT2D eigenvalue weighted by Crippen LogP contribution is -2.63. The van der Waals surface area contributed by atoms with Gasteiger partial charge in [0.2, 0.25) is 0 Å². The first-order valence-corrected chi connectivity index (χ1v) is 16.6. The summed E-state index contributed by atoms with van der Waals surface area (Å²) in [4.78, 5) is 13.8. The van der Waals surface area contributed by atoms with Gasteiger partial charge in [-0.25, -0.2) is 0 Å². The molecule has 3 fully saturated rings. The quantitative estimate of drug-likeness (QED) is 0.304. The van der Waals surface area contributed by atoms with Crippen LogP contribution in [0.1, 0.15) is 92.1 Å².